The molecule has 0 heterocycles. The second kappa shape index (κ2) is 11.5. The van der Waals surface area contributed by atoms with Gasteiger partial charge in [-0.25, -0.2) is 4.79 Å². The Bertz CT molecular complexity index is 998. The highest BCUT2D eigenvalue weighted by Crippen LogP contribution is 2.52. The third-order valence-corrected chi connectivity index (χ3v) is 6.75. The van der Waals surface area contributed by atoms with Gasteiger partial charge in [0.25, 0.3) is 0 Å². The molecule has 1 aliphatic carbocycles. The first-order chi connectivity index (χ1) is 15.8. The molecule has 2 aromatic rings. The number of hydrogen-bond acceptors (Lipinski definition) is 4. The lowest BCUT2D eigenvalue weighted by Crippen LogP contribution is -2.44. The number of benzene rings is 2. The number of esters is 1. The summed E-state index contributed by atoms with van der Waals surface area (Å²) in [5.74, 6) is 4.69. The van der Waals surface area contributed by atoms with Crippen LogP contribution >= 0.6 is 11.8 Å². The Morgan fingerprint density at radius 2 is 1.73 bits per heavy atom. The van der Waals surface area contributed by atoms with Crippen LogP contribution in [0.4, 0.5) is 8.78 Å². The molecule has 0 saturated heterocycles. The molecule has 0 bridgehead atoms. The number of hydrogen-bond donors (Lipinski definition) is 1. The molecular weight excluding hydrogens is 442 g/mol. The van der Waals surface area contributed by atoms with Crippen LogP contribution in [0.15, 0.2) is 77.7 Å². The topological polar surface area (TPSA) is 46.5 Å². The summed E-state index contributed by atoms with van der Waals surface area (Å²) in [7, 11) is 0. The highest BCUT2D eigenvalue weighted by Gasteiger charge is 2.55. The maximum absolute atomic E-state index is 15.6. The van der Waals surface area contributed by atoms with E-state index in [4.69, 9.17) is 4.74 Å². The van der Waals surface area contributed by atoms with E-state index >= 15 is 8.78 Å². The van der Waals surface area contributed by atoms with Crippen molar-refractivity contribution in [3.8, 4) is 11.8 Å². The summed E-state index contributed by atoms with van der Waals surface area (Å²) in [4.78, 5) is 11.7. The molecule has 3 nitrogen and oxygen atoms in total. The molecule has 3 atom stereocenters. The Morgan fingerprint density at radius 1 is 1.09 bits per heavy atom. The van der Waals surface area contributed by atoms with Crippen LogP contribution in [0.1, 0.15) is 38.2 Å². The zero-order valence-corrected chi connectivity index (χ0v) is 19.4. The van der Waals surface area contributed by atoms with Crippen molar-refractivity contribution in [2.75, 3.05) is 6.61 Å². The molecule has 0 spiro atoms. The number of carbonyl (C=O) groups excluding carboxylic acids is 1. The summed E-state index contributed by atoms with van der Waals surface area (Å²) >= 11 is 0.386. The third-order valence-electron chi connectivity index (χ3n) is 5.65. The van der Waals surface area contributed by atoms with E-state index in [0.29, 0.717) is 29.5 Å². The van der Waals surface area contributed by atoms with Crippen LogP contribution in [0, 0.1) is 23.7 Å². The Kier molecular flexibility index (Phi) is 8.71. The number of alkyl halides is 2. The molecule has 2 aromatic carbocycles. The maximum atomic E-state index is 15.6. The van der Waals surface area contributed by atoms with Crippen LogP contribution in [-0.2, 0) is 15.1 Å². The fourth-order valence-corrected chi connectivity index (χ4v) is 4.96. The summed E-state index contributed by atoms with van der Waals surface area (Å²) in [6.45, 7) is 2.01. The highest BCUT2D eigenvalue weighted by molar-refractivity contribution is 8.00. The van der Waals surface area contributed by atoms with E-state index in [1.54, 1.807) is 67.6 Å². The first kappa shape index (κ1) is 25.0. The Balaban J connectivity index is 1.69. The maximum Gasteiger partial charge on any atom is 0.384 e. The van der Waals surface area contributed by atoms with Crippen molar-refractivity contribution >= 4 is 17.7 Å². The van der Waals surface area contributed by atoms with Gasteiger partial charge in [0.1, 0.15) is 0 Å². The number of halogens is 2. The second-order valence-corrected chi connectivity index (χ2v) is 9.25. The van der Waals surface area contributed by atoms with Gasteiger partial charge in [-0.2, -0.15) is 8.78 Å². The van der Waals surface area contributed by atoms with Crippen LogP contribution in [0.3, 0.4) is 0 Å². The van der Waals surface area contributed by atoms with Gasteiger partial charge in [0, 0.05) is 17.2 Å². The molecule has 174 valence electrons. The molecule has 0 aliphatic heterocycles. The van der Waals surface area contributed by atoms with E-state index in [9.17, 15) is 9.90 Å². The van der Waals surface area contributed by atoms with Gasteiger partial charge in [0.05, 0.1) is 6.61 Å². The molecule has 6 heteroatoms. The van der Waals surface area contributed by atoms with Gasteiger partial charge in [-0.3, -0.25) is 0 Å². The van der Waals surface area contributed by atoms with E-state index in [0.717, 1.165) is 6.42 Å². The average molecular weight is 471 g/mol. The van der Waals surface area contributed by atoms with Crippen molar-refractivity contribution in [3.63, 3.8) is 0 Å². The highest BCUT2D eigenvalue weighted by atomic mass is 32.2. The van der Waals surface area contributed by atoms with Gasteiger partial charge in [-0.05, 0) is 67.5 Å². The zero-order valence-electron chi connectivity index (χ0n) is 18.5. The summed E-state index contributed by atoms with van der Waals surface area (Å²) < 4.78 is 36.0. The van der Waals surface area contributed by atoms with Gasteiger partial charge in [-0.1, -0.05) is 66.6 Å². The second-order valence-electron chi connectivity index (χ2n) is 8.06. The molecular formula is C27H28F2O3S. The van der Waals surface area contributed by atoms with Crippen molar-refractivity contribution in [2.45, 2.75) is 48.4 Å². The largest absolute Gasteiger partial charge is 0.456 e. The molecule has 1 unspecified atom stereocenters. The third kappa shape index (κ3) is 6.69. The number of carbonyl (C=O) groups is 1. The average Bonchev–Trinajstić information content (AvgIpc) is 3.24. The SMILES string of the molecule is CCOC(=O)C#CCC[C@@H]1C=C[C@@H](CC(O)(c2ccccc2)C(F)(F)Sc2ccccc2)C1. The summed E-state index contributed by atoms with van der Waals surface area (Å²) in [5.41, 5.74) is -2.13. The summed E-state index contributed by atoms with van der Waals surface area (Å²) in [6, 6.07) is 16.6. The molecule has 1 N–H and O–H groups in total. The molecule has 0 saturated carbocycles. The van der Waals surface area contributed by atoms with Crippen LogP contribution in [0.5, 0.6) is 0 Å². The number of aliphatic hydroxyl groups is 1. The Hall–Kier alpha value is -2.62. The Morgan fingerprint density at radius 3 is 2.39 bits per heavy atom. The van der Waals surface area contributed by atoms with Crippen LogP contribution < -0.4 is 0 Å². The number of allylic oxidation sites excluding steroid dienone is 2. The standard InChI is InChI=1S/C27H28F2O3S/c1-2-32-25(30)16-10-9-11-21-17-18-22(19-21)20-26(31,23-12-5-3-6-13-23)27(28,29)33-24-14-7-4-8-15-24/h3-8,12-15,17-18,21-22,31H,2,9,11,19-20H2,1H3/t21-,22-,26?/m1/s1. The number of ether oxygens (including phenoxy) is 1. The Labute approximate surface area is 198 Å². The quantitative estimate of drug-likeness (QED) is 0.156. The minimum absolute atomic E-state index is 0.0919. The summed E-state index contributed by atoms with van der Waals surface area (Å²) in [6.07, 6.45) is 5.72. The van der Waals surface area contributed by atoms with Crippen LogP contribution in [-0.4, -0.2) is 22.9 Å². The fourth-order valence-electron chi connectivity index (χ4n) is 4.00. The fraction of sp³-hybridized carbons (Fsp3) is 0.370. The molecule has 1 aliphatic rings. The van der Waals surface area contributed by atoms with Crippen molar-refractivity contribution in [1.29, 1.82) is 0 Å². The minimum Gasteiger partial charge on any atom is -0.456 e. The first-order valence-electron chi connectivity index (χ1n) is 11.1. The minimum atomic E-state index is -3.44. The van der Waals surface area contributed by atoms with Gasteiger partial charge >= 0.3 is 11.2 Å². The van der Waals surface area contributed by atoms with Crippen LogP contribution in [0.25, 0.3) is 0 Å². The van der Waals surface area contributed by atoms with E-state index in [1.807, 2.05) is 12.2 Å². The molecule has 0 aromatic heterocycles. The molecule has 3 rings (SSSR count). The lowest BCUT2D eigenvalue weighted by molar-refractivity contribution is -0.137. The lowest BCUT2D eigenvalue weighted by Gasteiger charge is -2.37. The number of thioether (sulfide) groups is 1. The monoisotopic (exact) mass is 470 g/mol. The lowest BCUT2D eigenvalue weighted by atomic mass is 9.83. The predicted molar refractivity (Wildman–Crippen MR) is 127 cm³/mol. The molecule has 33 heavy (non-hydrogen) atoms. The first-order valence-corrected chi connectivity index (χ1v) is 11.9. The van der Waals surface area contributed by atoms with Crippen LogP contribution in [0.2, 0.25) is 0 Å². The smallest absolute Gasteiger partial charge is 0.384 e. The van der Waals surface area contributed by atoms with Gasteiger partial charge in [-0.15, -0.1) is 0 Å². The van der Waals surface area contributed by atoms with Gasteiger partial charge in [0.15, 0.2) is 5.60 Å². The summed E-state index contributed by atoms with van der Waals surface area (Å²) in [5, 5.41) is 8.03. The van der Waals surface area contributed by atoms with E-state index in [-0.39, 0.29) is 30.4 Å². The van der Waals surface area contributed by atoms with Crippen molar-refractivity contribution < 1.29 is 23.4 Å². The number of rotatable bonds is 9. The van der Waals surface area contributed by atoms with Gasteiger partial charge in [0.2, 0.25) is 0 Å². The van der Waals surface area contributed by atoms with Gasteiger partial charge < -0.3 is 9.84 Å². The molecule has 0 radical (unpaired) electrons. The van der Waals surface area contributed by atoms with E-state index in [2.05, 4.69) is 11.8 Å². The van der Waals surface area contributed by atoms with Crippen molar-refractivity contribution in [1.82, 2.24) is 0 Å². The van der Waals surface area contributed by atoms with E-state index < -0.39 is 16.8 Å². The molecule has 0 amide bonds. The zero-order chi connectivity index (χ0) is 23.7. The molecule has 0 fully saturated rings. The normalized spacial score (nSPS) is 19.4. The van der Waals surface area contributed by atoms with E-state index in [1.165, 1.54) is 0 Å². The van der Waals surface area contributed by atoms with Crippen molar-refractivity contribution in [3.05, 3.63) is 78.4 Å². The van der Waals surface area contributed by atoms with Crippen molar-refractivity contribution in [2.24, 2.45) is 11.8 Å². The predicted octanol–water partition coefficient (Wildman–Crippen LogP) is 6.19.